The predicted octanol–water partition coefficient (Wildman–Crippen LogP) is 6.19. The number of aliphatic hydroxyl groups is 1. The monoisotopic (exact) mass is 531 g/mol. The molecule has 0 atom stereocenters. The first kappa shape index (κ1) is 27.5. The minimum absolute atomic E-state index is 0.112. The topological polar surface area (TPSA) is 90.9 Å². The van der Waals surface area contributed by atoms with Gasteiger partial charge >= 0.3 is 12.2 Å². The number of β-amino-alcohol motifs (C(OH)–C–C–N with tert-alkyl or cyclic N) is 1. The highest BCUT2D eigenvalue weighted by Gasteiger charge is 2.38. The molecule has 204 valence electrons. The molecule has 0 fully saturated rings. The molecule has 0 saturated carbocycles. The first-order valence-corrected chi connectivity index (χ1v) is 12.6. The van der Waals surface area contributed by atoms with Gasteiger partial charge in [-0.05, 0) is 62.1 Å². The number of urea groups is 1. The summed E-state index contributed by atoms with van der Waals surface area (Å²) in [4.78, 5) is 27.0. The third kappa shape index (κ3) is 5.96. The molecule has 4 rings (SSSR count). The number of hydrogen-bond acceptors (Lipinski definition) is 4. The second-order valence-corrected chi connectivity index (χ2v) is 10.5. The van der Waals surface area contributed by atoms with Gasteiger partial charge in [0.25, 0.3) is 0 Å². The molecule has 0 saturated heterocycles. The predicted molar refractivity (Wildman–Crippen MR) is 139 cm³/mol. The van der Waals surface area contributed by atoms with Crippen LogP contribution in [-0.2, 0) is 17.5 Å². The van der Waals surface area contributed by atoms with E-state index in [0.717, 1.165) is 17.7 Å². The first-order chi connectivity index (χ1) is 17.7. The standard InChI is InChI=1S/C28H32F3N3O4/c1-5-27(6-2)14-18(21-10-8-19(28(29,30)31)12-23(21)38-27)11-24(35)32-20-9-7-17-15-34(16-26(3,4)37)25(36)33-22(17)13-20/h7-13,37H,5-6,14-16H2,1-4H3,(H,32,35)(H,33,36). The van der Waals surface area contributed by atoms with Crippen LogP contribution in [0.5, 0.6) is 5.75 Å². The quantitative estimate of drug-likeness (QED) is 0.388. The number of carbonyl (C=O) groups is 2. The fraction of sp³-hybridized carbons (Fsp3) is 0.429. The maximum Gasteiger partial charge on any atom is 0.416 e. The summed E-state index contributed by atoms with van der Waals surface area (Å²) in [6.45, 7) is 7.54. The van der Waals surface area contributed by atoms with Gasteiger partial charge in [0.05, 0.1) is 17.7 Å². The molecular weight excluding hydrogens is 499 g/mol. The van der Waals surface area contributed by atoms with Crippen molar-refractivity contribution in [2.45, 2.75) is 70.9 Å². The maximum atomic E-state index is 13.3. The average Bonchev–Trinajstić information content (AvgIpc) is 2.82. The largest absolute Gasteiger partial charge is 0.486 e. The fourth-order valence-corrected chi connectivity index (χ4v) is 4.84. The Balaban J connectivity index is 1.58. The molecular formula is C28H32F3N3O4. The molecule has 10 heteroatoms. The smallest absolute Gasteiger partial charge is 0.416 e. The van der Waals surface area contributed by atoms with E-state index in [-0.39, 0.29) is 18.3 Å². The van der Waals surface area contributed by atoms with Crippen molar-refractivity contribution >= 4 is 28.9 Å². The number of amides is 3. The van der Waals surface area contributed by atoms with Gasteiger partial charge in [0.1, 0.15) is 11.4 Å². The van der Waals surface area contributed by atoms with Crippen LogP contribution in [-0.4, -0.2) is 39.7 Å². The minimum Gasteiger partial charge on any atom is -0.486 e. The Morgan fingerprint density at radius 1 is 1.18 bits per heavy atom. The minimum atomic E-state index is -4.51. The van der Waals surface area contributed by atoms with Crippen LogP contribution in [0.15, 0.2) is 42.5 Å². The lowest BCUT2D eigenvalue weighted by Crippen LogP contribution is -2.46. The van der Waals surface area contributed by atoms with Gasteiger partial charge in [-0.25, -0.2) is 4.79 Å². The normalized spacial score (nSPS) is 17.8. The van der Waals surface area contributed by atoms with E-state index in [2.05, 4.69) is 10.6 Å². The Morgan fingerprint density at radius 2 is 1.89 bits per heavy atom. The second-order valence-electron chi connectivity index (χ2n) is 10.5. The van der Waals surface area contributed by atoms with Crippen LogP contribution in [0.1, 0.15) is 63.6 Å². The molecule has 2 heterocycles. The van der Waals surface area contributed by atoms with Crippen molar-refractivity contribution in [1.29, 1.82) is 0 Å². The highest BCUT2D eigenvalue weighted by atomic mass is 19.4. The van der Waals surface area contributed by atoms with Crippen molar-refractivity contribution in [2.24, 2.45) is 0 Å². The summed E-state index contributed by atoms with van der Waals surface area (Å²) in [6.07, 6.45) is -1.60. The molecule has 0 unspecified atom stereocenters. The molecule has 7 nitrogen and oxygen atoms in total. The number of anilines is 2. The third-order valence-electron chi connectivity index (χ3n) is 6.93. The highest BCUT2D eigenvalue weighted by molar-refractivity contribution is 6.05. The number of halogens is 3. The van der Waals surface area contributed by atoms with Crippen molar-refractivity contribution in [3.63, 3.8) is 0 Å². The Kier molecular flexibility index (Phi) is 7.22. The lowest BCUT2D eigenvalue weighted by Gasteiger charge is -2.39. The molecule has 38 heavy (non-hydrogen) atoms. The summed E-state index contributed by atoms with van der Waals surface area (Å²) >= 11 is 0. The van der Waals surface area contributed by atoms with Gasteiger partial charge in [-0.3, -0.25) is 4.79 Å². The SMILES string of the molecule is CCC1(CC)CC(=CC(=O)Nc2ccc3c(c2)NC(=O)N(CC(C)(C)O)C3)c2ccc(C(F)(F)F)cc2O1. The molecule has 0 aromatic heterocycles. The van der Waals surface area contributed by atoms with E-state index in [4.69, 9.17) is 4.74 Å². The van der Waals surface area contributed by atoms with E-state index in [1.807, 2.05) is 13.8 Å². The Morgan fingerprint density at radius 3 is 2.53 bits per heavy atom. The molecule has 2 aromatic rings. The molecule has 3 amide bonds. The van der Waals surface area contributed by atoms with E-state index in [0.29, 0.717) is 48.3 Å². The first-order valence-electron chi connectivity index (χ1n) is 12.6. The van der Waals surface area contributed by atoms with Crippen LogP contribution in [0.25, 0.3) is 5.57 Å². The van der Waals surface area contributed by atoms with Crippen LogP contribution < -0.4 is 15.4 Å². The Bertz CT molecular complexity index is 1280. The molecule has 3 N–H and O–H groups in total. The van der Waals surface area contributed by atoms with Gasteiger partial charge in [-0.15, -0.1) is 0 Å². The summed E-state index contributed by atoms with van der Waals surface area (Å²) in [6, 6.07) is 8.14. The Labute approximate surface area is 219 Å². The summed E-state index contributed by atoms with van der Waals surface area (Å²) in [5.41, 5.74) is 0.331. The zero-order chi connectivity index (χ0) is 27.9. The summed E-state index contributed by atoms with van der Waals surface area (Å²) in [7, 11) is 0. The fourth-order valence-electron chi connectivity index (χ4n) is 4.84. The van der Waals surface area contributed by atoms with Crippen molar-refractivity contribution in [1.82, 2.24) is 4.90 Å². The van der Waals surface area contributed by atoms with Crippen LogP contribution in [0, 0.1) is 0 Å². The number of hydrogen-bond donors (Lipinski definition) is 3. The second kappa shape index (κ2) is 9.98. The molecule has 0 aliphatic carbocycles. The highest BCUT2D eigenvalue weighted by Crippen LogP contribution is 2.45. The maximum absolute atomic E-state index is 13.3. The van der Waals surface area contributed by atoms with E-state index in [9.17, 15) is 27.9 Å². The zero-order valence-corrected chi connectivity index (χ0v) is 21.8. The van der Waals surface area contributed by atoms with Crippen LogP contribution in [0.4, 0.5) is 29.3 Å². The number of nitrogens with zero attached hydrogens (tertiary/aromatic N) is 1. The van der Waals surface area contributed by atoms with Crippen molar-refractivity contribution in [3.8, 4) is 5.75 Å². The van der Waals surface area contributed by atoms with Gasteiger partial charge in [-0.2, -0.15) is 13.2 Å². The van der Waals surface area contributed by atoms with Crippen LogP contribution in [0.2, 0.25) is 0 Å². The average molecular weight is 532 g/mol. The zero-order valence-electron chi connectivity index (χ0n) is 21.8. The molecule has 2 aliphatic heterocycles. The van der Waals surface area contributed by atoms with E-state index >= 15 is 0 Å². The summed E-state index contributed by atoms with van der Waals surface area (Å²) in [5.74, 6) is -0.333. The molecule has 2 aliphatic rings. The number of carbonyl (C=O) groups excluding carboxylic acids is 2. The van der Waals surface area contributed by atoms with E-state index in [1.54, 1.807) is 32.0 Å². The van der Waals surface area contributed by atoms with Gasteiger partial charge in [0, 0.05) is 36.0 Å². The van der Waals surface area contributed by atoms with E-state index < -0.39 is 28.8 Å². The van der Waals surface area contributed by atoms with E-state index in [1.165, 1.54) is 17.0 Å². The third-order valence-corrected chi connectivity index (χ3v) is 6.93. The summed E-state index contributed by atoms with van der Waals surface area (Å²) < 4.78 is 46.0. The van der Waals surface area contributed by atoms with Gasteiger partial charge in [0.15, 0.2) is 0 Å². The van der Waals surface area contributed by atoms with Crippen molar-refractivity contribution in [3.05, 3.63) is 59.2 Å². The van der Waals surface area contributed by atoms with Crippen LogP contribution in [0.3, 0.4) is 0 Å². The number of fused-ring (bicyclic) bond motifs is 2. The van der Waals surface area contributed by atoms with Gasteiger partial charge < -0.3 is 25.4 Å². The summed E-state index contributed by atoms with van der Waals surface area (Å²) in [5, 5.41) is 15.6. The molecule has 0 radical (unpaired) electrons. The van der Waals surface area contributed by atoms with Gasteiger partial charge in [0.2, 0.25) is 5.91 Å². The number of rotatable bonds is 6. The number of ether oxygens (including phenoxy) is 1. The molecule has 2 aromatic carbocycles. The van der Waals surface area contributed by atoms with Crippen molar-refractivity contribution in [2.75, 3.05) is 17.2 Å². The molecule has 0 bridgehead atoms. The van der Waals surface area contributed by atoms with Gasteiger partial charge in [-0.1, -0.05) is 26.0 Å². The number of benzene rings is 2. The number of alkyl halides is 3. The Hall–Kier alpha value is -3.53. The number of nitrogens with one attached hydrogen (secondary N) is 2. The lowest BCUT2D eigenvalue weighted by molar-refractivity contribution is -0.137. The molecule has 0 spiro atoms. The lowest BCUT2D eigenvalue weighted by atomic mass is 9.83. The van der Waals surface area contributed by atoms with Crippen molar-refractivity contribution < 1.29 is 32.6 Å². The van der Waals surface area contributed by atoms with Crippen LogP contribution >= 0.6 is 0 Å².